The van der Waals surface area contributed by atoms with E-state index < -0.39 is 243 Å². The number of rotatable bonds is 26. The van der Waals surface area contributed by atoms with Crippen molar-refractivity contribution in [3.8, 4) is 0 Å². The second kappa shape index (κ2) is 46.2. The minimum absolute atomic E-state index is 0.0113. The zero-order chi connectivity index (χ0) is 85.7. The number of methoxy groups -OCH3 is 2. The summed E-state index contributed by atoms with van der Waals surface area (Å²) in [7, 11) is 9.74. The van der Waals surface area contributed by atoms with Gasteiger partial charge in [0.15, 0.2) is 37.4 Å². The zero-order valence-corrected chi connectivity index (χ0v) is 72.1. The van der Waals surface area contributed by atoms with Gasteiger partial charge >= 0.3 is 35.8 Å². The summed E-state index contributed by atoms with van der Waals surface area (Å²) in [6.07, 6.45) is -12.4. The average molecular weight is 1640 g/mol. The Morgan fingerprint density at radius 3 is 1.18 bits per heavy atom. The van der Waals surface area contributed by atoms with Crippen LogP contribution in [-0.4, -0.2) is 302 Å². The lowest BCUT2D eigenvalue weighted by Gasteiger charge is -2.50. The summed E-state index contributed by atoms with van der Waals surface area (Å²) in [6, 6.07) is -1.81. The van der Waals surface area contributed by atoms with Crippen LogP contribution in [-0.2, 0) is 105 Å². The van der Waals surface area contributed by atoms with Crippen LogP contribution in [0.2, 0.25) is 0 Å². The molecule has 0 bridgehead atoms. The van der Waals surface area contributed by atoms with Gasteiger partial charge < -0.3 is 122 Å². The Kier molecular flexibility index (Phi) is 39.7. The number of allylic oxidation sites excluding steroid dienone is 4. The summed E-state index contributed by atoms with van der Waals surface area (Å²) in [5.41, 5.74) is -3.19. The topological polar surface area (TPSA) is 390 Å². The minimum atomic E-state index is -1.60. The third kappa shape index (κ3) is 29.7. The van der Waals surface area contributed by atoms with Crippen LogP contribution in [0, 0.1) is 35.5 Å². The van der Waals surface area contributed by atoms with E-state index in [1.54, 1.807) is 142 Å². The highest BCUT2D eigenvalue weighted by atomic mass is 16.8. The van der Waals surface area contributed by atoms with Crippen molar-refractivity contribution in [1.82, 2.24) is 15.1 Å². The Morgan fingerprint density at radius 2 is 0.870 bits per heavy atom. The van der Waals surface area contributed by atoms with E-state index in [4.69, 9.17) is 75.8 Å². The number of carbonyl (C=O) groups is 6. The monoisotopic (exact) mass is 1640 g/mol. The summed E-state index contributed by atoms with van der Waals surface area (Å²) in [5, 5.41) is 77.0. The molecule has 0 spiro atoms. The van der Waals surface area contributed by atoms with Crippen LogP contribution in [0.3, 0.4) is 0 Å². The van der Waals surface area contributed by atoms with Crippen molar-refractivity contribution in [2.24, 2.45) is 35.5 Å². The first kappa shape index (κ1) is 98.8. The van der Waals surface area contributed by atoms with Crippen molar-refractivity contribution in [1.29, 1.82) is 0 Å². The molecule has 6 aliphatic rings. The molecule has 115 heavy (non-hydrogen) atoms. The van der Waals surface area contributed by atoms with Crippen LogP contribution in [0.15, 0.2) is 48.6 Å². The maximum absolute atomic E-state index is 14.1. The molecule has 0 radical (unpaired) electrons. The maximum atomic E-state index is 14.1. The molecular formula is C84H141N3O28. The van der Waals surface area contributed by atoms with Gasteiger partial charge in [-0.3, -0.25) is 28.8 Å². The maximum Gasteiger partial charge on any atom is 0.309 e. The molecule has 660 valence electrons. The molecule has 0 aliphatic carbocycles. The molecule has 0 saturated carbocycles. The van der Waals surface area contributed by atoms with E-state index in [1.807, 2.05) is 41.5 Å². The van der Waals surface area contributed by atoms with E-state index >= 15 is 0 Å². The molecule has 18 unspecified atom stereocenters. The quantitative estimate of drug-likeness (QED) is 0.0286. The number of hydrogen-bond acceptors (Lipinski definition) is 31. The van der Waals surface area contributed by atoms with E-state index in [2.05, 4.69) is 5.32 Å². The Balaban J connectivity index is 1.41. The first-order valence-corrected chi connectivity index (χ1v) is 41.2. The Bertz CT molecular complexity index is 2930. The fourth-order valence-corrected chi connectivity index (χ4v) is 16.7. The second-order valence-electron chi connectivity index (χ2n) is 34.5. The molecule has 4 saturated heterocycles. The first-order valence-electron chi connectivity index (χ1n) is 41.2. The molecule has 7 N–H and O–H groups in total. The molecule has 0 aromatic carbocycles. The second-order valence-corrected chi connectivity index (χ2v) is 34.5. The van der Waals surface area contributed by atoms with E-state index in [0.29, 0.717) is 12.8 Å². The largest absolute Gasteiger partial charge is 0.462 e. The molecule has 31 nitrogen and oxygen atoms in total. The molecular weight excluding hydrogens is 1500 g/mol. The fourth-order valence-electron chi connectivity index (χ4n) is 16.7. The predicted octanol–water partition coefficient (Wildman–Crippen LogP) is 6.23. The zero-order valence-electron chi connectivity index (χ0n) is 72.1. The highest BCUT2D eigenvalue weighted by Gasteiger charge is 2.56. The number of aliphatic hydroxyl groups is 6. The van der Waals surface area contributed by atoms with Gasteiger partial charge in [-0.05, 0) is 158 Å². The van der Waals surface area contributed by atoms with Crippen LogP contribution in [0.25, 0.3) is 0 Å². The molecule has 0 amide bonds. The number of nitrogens with one attached hydrogen (secondary N) is 1. The third-order valence-corrected chi connectivity index (χ3v) is 22.4. The van der Waals surface area contributed by atoms with Crippen molar-refractivity contribution in [3.05, 3.63) is 48.6 Å². The lowest BCUT2D eigenvalue weighted by atomic mass is 9.81. The lowest BCUT2D eigenvalue weighted by molar-refractivity contribution is -0.344. The van der Waals surface area contributed by atoms with Crippen LogP contribution in [0.1, 0.15) is 188 Å². The Labute approximate surface area is 681 Å². The molecule has 6 heterocycles. The number of aliphatic hydroxyl groups excluding tert-OH is 4. The smallest absolute Gasteiger partial charge is 0.309 e. The number of hydrogen-bond donors (Lipinski definition) is 7. The van der Waals surface area contributed by atoms with Crippen molar-refractivity contribution in [3.63, 3.8) is 0 Å². The average Bonchev–Trinajstić information content (AvgIpc) is 0.807. The van der Waals surface area contributed by atoms with Gasteiger partial charge in [-0.1, -0.05) is 90.2 Å². The van der Waals surface area contributed by atoms with Crippen molar-refractivity contribution < 1.29 is 135 Å². The number of carbonyl (C=O) groups excluding carboxylic acids is 6. The number of nitrogens with zero attached hydrogens (tertiary/aromatic N) is 2. The van der Waals surface area contributed by atoms with Crippen LogP contribution in [0.4, 0.5) is 0 Å². The van der Waals surface area contributed by atoms with Gasteiger partial charge in [-0.2, -0.15) is 0 Å². The Hall–Kier alpha value is -4.98. The van der Waals surface area contributed by atoms with Gasteiger partial charge in [0.05, 0.1) is 73.8 Å². The van der Waals surface area contributed by atoms with Crippen LogP contribution in [0.5, 0.6) is 0 Å². The van der Waals surface area contributed by atoms with Gasteiger partial charge in [0.25, 0.3) is 0 Å². The summed E-state index contributed by atoms with van der Waals surface area (Å²) in [5.74, 6) is -6.37. The van der Waals surface area contributed by atoms with Crippen molar-refractivity contribution in [2.45, 2.75) is 358 Å². The number of ether oxygens (including phenoxy) is 16. The Morgan fingerprint density at radius 1 is 0.513 bits per heavy atom. The summed E-state index contributed by atoms with van der Waals surface area (Å²) < 4.78 is 102. The van der Waals surface area contributed by atoms with Crippen LogP contribution >= 0.6 is 0 Å². The summed E-state index contributed by atoms with van der Waals surface area (Å²) in [4.78, 5) is 84.2. The summed E-state index contributed by atoms with van der Waals surface area (Å²) >= 11 is 0. The predicted molar refractivity (Wildman–Crippen MR) is 420 cm³/mol. The first-order chi connectivity index (χ1) is 53.9. The number of likely N-dealkylation sites (N-methyl/N-ethyl adjacent to an activating group) is 2. The molecule has 6 aliphatic heterocycles. The van der Waals surface area contributed by atoms with E-state index in [0.717, 1.165) is 0 Å². The van der Waals surface area contributed by atoms with Crippen molar-refractivity contribution >= 4 is 35.8 Å². The molecule has 0 aromatic heterocycles. The third-order valence-electron chi connectivity index (χ3n) is 22.4. The molecule has 0 aromatic rings. The molecule has 6 rings (SSSR count). The van der Waals surface area contributed by atoms with Crippen LogP contribution < -0.4 is 5.32 Å². The number of cyclic esters (lactones) is 2. The van der Waals surface area contributed by atoms with Gasteiger partial charge in [0.1, 0.15) is 72.2 Å². The van der Waals surface area contributed by atoms with Gasteiger partial charge in [0, 0.05) is 66.6 Å². The van der Waals surface area contributed by atoms with Gasteiger partial charge in [0.2, 0.25) is 0 Å². The fraction of sp³-hybridized carbons (Fsp3) is 0.833. The van der Waals surface area contributed by atoms with E-state index in [-0.39, 0.29) is 76.3 Å². The summed E-state index contributed by atoms with van der Waals surface area (Å²) in [6.45, 7) is 27.4. The SMILES string of the molecule is CO[C@@H]1[C@@H](OC2OC(C)C(OC3CC(C)(O)C(OC(=O)CC(C)C)C(C)O3)C(N(C)C)C2O)[C@@H](CCNCC[C@@H]2C[C@H](C)[C@H](O)/C=C/C=C/C[C@H](C)OC(=O)C[C@H](OC(C)=O)[C@@H](OC)[C@@H]2OC2OC(C)C(OC3CC(C)(O)C(OC(=O)CC(C)C)C(C)O3)C(N(C)C)C2O)C[C@@H](C)[C@@H](O)/C=C/C=C/C[C@@H](C)OC(=O)C[C@H]1OC(C)=O. The van der Waals surface area contributed by atoms with E-state index in [9.17, 15) is 59.4 Å². The lowest BCUT2D eigenvalue weighted by Crippen LogP contribution is -2.66. The van der Waals surface area contributed by atoms with Gasteiger partial charge in [-0.25, -0.2) is 0 Å². The molecule has 32 atom stereocenters. The minimum Gasteiger partial charge on any atom is -0.462 e. The highest BCUT2D eigenvalue weighted by Crippen LogP contribution is 2.42. The van der Waals surface area contributed by atoms with Crippen molar-refractivity contribution in [2.75, 3.05) is 55.5 Å². The molecule has 31 heteroatoms. The van der Waals surface area contributed by atoms with Gasteiger partial charge in [-0.15, -0.1) is 0 Å². The normalized spacial score (nSPS) is 41.2. The standard InChI is InChI=1S/C84H141N3O28/c1-45(2)37-63(92)110-79-53(11)104-67(43-83(79,15)98)112-73-51(9)106-81(71(96)69(73)86(17)18)114-75-57(39-47(5)59(90)31-27-23-25-29-49(7)102-65(94)41-61(77(75)100-21)108-55(13)88)33-35-85-36-34-58-40-48(6)60(91)32-28-24-26-30-50(8)103-66(95)42-62(109-56(14)89)78(101-22)76(58)115-82-72(97)70(87(19)20)74(52(10)107-82)113-68-44-84(16,99)80(54(12)105-68)111-64(93)38-46(3)4/h23-28,31-32,45-54,57-62,67-82,85,90-91,96-99H,29-30,33-44H2,1-22H3/b25-23+,26-24+,31-27+,32-28+/t47-,48+,49-,50+,51?,52?,53?,54?,57+,58-,59+,60-,61-,62+,67?,68?,69?,70?,71?,72?,73?,74?,75+,76-,77+,78-,79?,80?,81?,82?,83?,84?. The number of esters is 6. The molecule has 4 fully saturated rings. The van der Waals surface area contributed by atoms with E-state index in [1.165, 1.54) is 28.1 Å². The highest BCUT2D eigenvalue weighted by molar-refractivity contribution is 5.73.